The van der Waals surface area contributed by atoms with Crippen molar-refractivity contribution in [2.24, 2.45) is 0 Å². The first kappa shape index (κ1) is 16.7. The van der Waals surface area contributed by atoms with Crippen molar-refractivity contribution in [1.82, 2.24) is 9.88 Å². The van der Waals surface area contributed by atoms with E-state index in [0.29, 0.717) is 23.8 Å². The van der Waals surface area contributed by atoms with Crippen LogP contribution in [0.5, 0.6) is 0 Å². The Balaban J connectivity index is 1.98. The number of rotatable bonds is 7. The second kappa shape index (κ2) is 7.53. The summed E-state index contributed by atoms with van der Waals surface area (Å²) in [5.41, 5.74) is 0.304. The molecule has 23 heavy (non-hydrogen) atoms. The van der Waals surface area contributed by atoms with Gasteiger partial charge < -0.3 is 14.4 Å². The minimum Gasteiger partial charge on any atom is -0.480 e. The summed E-state index contributed by atoms with van der Waals surface area (Å²) in [6, 6.07) is 6.17. The summed E-state index contributed by atoms with van der Waals surface area (Å²) in [6.45, 7) is 1.70. The molecule has 1 aromatic carbocycles. The lowest BCUT2D eigenvalue weighted by Gasteiger charge is -2.17. The van der Waals surface area contributed by atoms with E-state index in [4.69, 9.17) is 9.52 Å². The number of hydrogen-bond acceptors (Lipinski definition) is 4. The molecule has 0 aliphatic rings. The number of carboxylic acid groups (broad SMARTS) is 1. The second-order valence-electron chi connectivity index (χ2n) is 4.90. The van der Waals surface area contributed by atoms with E-state index in [9.17, 15) is 14.0 Å². The standard InChI is InChI=1S/C16H17FN2O4/c1-2-19(10-16(21)22)15(20)8-7-14-18-9-13(23-14)11-5-3-4-6-12(11)17/h3-6,9H,2,7-8,10H2,1H3,(H,21,22). The summed E-state index contributed by atoms with van der Waals surface area (Å²) in [5, 5.41) is 8.74. The van der Waals surface area contributed by atoms with Gasteiger partial charge in [-0.05, 0) is 19.1 Å². The highest BCUT2D eigenvalue weighted by atomic mass is 19.1. The highest BCUT2D eigenvalue weighted by molar-refractivity contribution is 5.81. The van der Waals surface area contributed by atoms with Crippen LogP contribution in [0.3, 0.4) is 0 Å². The Labute approximate surface area is 132 Å². The molecule has 2 aromatic rings. The van der Waals surface area contributed by atoms with Crippen molar-refractivity contribution < 1.29 is 23.5 Å². The van der Waals surface area contributed by atoms with Gasteiger partial charge in [-0.1, -0.05) is 12.1 Å². The second-order valence-corrected chi connectivity index (χ2v) is 4.90. The molecule has 1 heterocycles. The molecule has 0 saturated heterocycles. The number of amides is 1. The zero-order valence-electron chi connectivity index (χ0n) is 12.7. The number of oxazole rings is 1. The number of nitrogens with zero attached hydrogens (tertiary/aromatic N) is 2. The number of hydrogen-bond donors (Lipinski definition) is 1. The third kappa shape index (κ3) is 4.38. The fraction of sp³-hybridized carbons (Fsp3) is 0.312. The number of likely N-dealkylation sites (N-methyl/N-ethyl adjacent to an activating group) is 1. The monoisotopic (exact) mass is 320 g/mol. The zero-order chi connectivity index (χ0) is 16.8. The van der Waals surface area contributed by atoms with Gasteiger partial charge in [0.05, 0.1) is 11.8 Å². The molecule has 0 spiro atoms. The Bertz CT molecular complexity index is 699. The predicted octanol–water partition coefficient (Wildman–Crippen LogP) is 2.35. The SMILES string of the molecule is CCN(CC(=O)O)C(=O)CCc1ncc(-c2ccccc2F)o1. The first-order valence-corrected chi connectivity index (χ1v) is 7.20. The zero-order valence-corrected chi connectivity index (χ0v) is 12.7. The quantitative estimate of drug-likeness (QED) is 0.846. The van der Waals surface area contributed by atoms with Gasteiger partial charge in [-0.25, -0.2) is 9.37 Å². The average Bonchev–Trinajstić information content (AvgIpc) is 2.99. The summed E-state index contributed by atoms with van der Waals surface area (Å²) >= 11 is 0. The number of aryl methyl sites for hydroxylation is 1. The molecule has 0 aliphatic heterocycles. The minimum absolute atomic E-state index is 0.0817. The molecule has 0 fully saturated rings. The van der Waals surface area contributed by atoms with Crippen molar-refractivity contribution in [1.29, 1.82) is 0 Å². The molecule has 0 bridgehead atoms. The van der Waals surface area contributed by atoms with Crippen LogP contribution in [-0.4, -0.2) is 40.0 Å². The molecule has 0 aliphatic carbocycles. The Kier molecular flexibility index (Phi) is 5.46. The molecule has 7 heteroatoms. The van der Waals surface area contributed by atoms with E-state index >= 15 is 0 Å². The smallest absolute Gasteiger partial charge is 0.323 e. The van der Waals surface area contributed by atoms with Gasteiger partial charge >= 0.3 is 5.97 Å². The Morgan fingerprint density at radius 2 is 2.09 bits per heavy atom. The minimum atomic E-state index is -1.06. The largest absolute Gasteiger partial charge is 0.480 e. The maximum absolute atomic E-state index is 13.7. The highest BCUT2D eigenvalue weighted by Gasteiger charge is 2.16. The lowest BCUT2D eigenvalue weighted by molar-refractivity contribution is -0.144. The van der Waals surface area contributed by atoms with Crippen molar-refractivity contribution in [3.63, 3.8) is 0 Å². The van der Waals surface area contributed by atoms with Crippen LogP contribution >= 0.6 is 0 Å². The van der Waals surface area contributed by atoms with Crippen molar-refractivity contribution in [3.05, 3.63) is 42.2 Å². The number of carbonyl (C=O) groups excluding carboxylic acids is 1. The maximum Gasteiger partial charge on any atom is 0.323 e. The predicted molar refractivity (Wildman–Crippen MR) is 80.1 cm³/mol. The number of carboxylic acids is 1. The topological polar surface area (TPSA) is 83.6 Å². The summed E-state index contributed by atoms with van der Waals surface area (Å²) < 4.78 is 19.1. The molecule has 1 aromatic heterocycles. The molecule has 0 radical (unpaired) electrons. The number of benzene rings is 1. The lowest BCUT2D eigenvalue weighted by atomic mass is 10.2. The first-order chi connectivity index (χ1) is 11.0. The fourth-order valence-electron chi connectivity index (χ4n) is 2.12. The number of carbonyl (C=O) groups is 2. The van der Waals surface area contributed by atoms with Gasteiger partial charge in [0, 0.05) is 19.4 Å². The van der Waals surface area contributed by atoms with Crippen LogP contribution in [0.2, 0.25) is 0 Å². The maximum atomic E-state index is 13.7. The van der Waals surface area contributed by atoms with Crippen LogP contribution in [0.4, 0.5) is 4.39 Å². The van der Waals surface area contributed by atoms with Gasteiger partial charge in [0.15, 0.2) is 11.7 Å². The fourth-order valence-corrected chi connectivity index (χ4v) is 2.12. The van der Waals surface area contributed by atoms with E-state index in [1.54, 1.807) is 25.1 Å². The molecule has 0 unspecified atom stereocenters. The average molecular weight is 320 g/mol. The van der Waals surface area contributed by atoms with E-state index in [1.807, 2.05) is 0 Å². The summed E-state index contributed by atoms with van der Waals surface area (Å²) in [7, 11) is 0. The summed E-state index contributed by atoms with van der Waals surface area (Å²) in [4.78, 5) is 27.9. The van der Waals surface area contributed by atoms with Crippen molar-refractivity contribution in [2.45, 2.75) is 19.8 Å². The number of aromatic nitrogens is 1. The van der Waals surface area contributed by atoms with Gasteiger partial charge in [-0.15, -0.1) is 0 Å². The number of aliphatic carboxylic acids is 1. The van der Waals surface area contributed by atoms with Crippen molar-refractivity contribution in [2.75, 3.05) is 13.1 Å². The molecule has 6 nitrogen and oxygen atoms in total. The van der Waals surface area contributed by atoms with Gasteiger partial charge in [0.1, 0.15) is 12.4 Å². The summed E-state index contributed by atoms with van der Waals surface area (Å²) in [6.07, 6.45) is 1.72. The lowest BCUT2D eigenvalue weighted by Crippen LogP contribution is -2.35. The van der Waals surface area contributed by atoms with Crippen molar-refractivity contribution in [3.8, 4) is 11.3 Å². The van der Waals surface area contributed by atoms with Crippen LogP contribution < -0.4 is 0 Å². The summed E-state index contributed by atoms with van der Waals surface area (Å²) in [5.74, 6) is -1.16. The van der Waals surface area contributed by atoms with E-state index in [-0.39, 0.29) is 25.3 Å². The van der Waals surface area contributed by atoms with Crippen LogP contribution in [0, 0.1) is 5.82 Å². The van der Waals surface area contributed by atoms with Crippen LogP contribution in [-0.2, 0) is 16.0 Å². The molecular formula is C16H17FN2O4. The van der Waals surface area contributed by atoms with E-state index in [2.05, 4.69) is 4.98 Å². The highest BCUT2D eigenvalue weighted by Crippen LogP contribution is 2.23. The van der Waals surface area contributed by atoms with E-state index in [0.717, 1.165) is 0 Å². The Morgan fingerprint density at radius 3 is 2.74 bits per heavy atom. The van der Waals surface area contributed by atoms with Gasteiger partial charge in [-0.2, -0.15) is 0 Å². The molecule has 2 rings (SSSR count). The van der Waals surface area contributed by atoms with Gasteiger partial charge in [0.25, 0.3) is 0 Å². The normalized spacial score (nSPS) is 10.5. The molecule has 1 N–H and O–H groups in total. The van der Waals surface area contributed by atoms with Crippen LogP contribution in [0.25, 0.3) is 11.3 Å². The molecule has 122 valence electrons. The number of halogens is 1. The van der Waals surface area contributed by atoms with Gasteiger partial charge in [0.2, 0.25) is 5.91 Å². The third-order valence-electron chi connectivity index (χ3n) is 3.31. The first-order valence-electron chi connectivity index (χ1n) is 7.20. The van der Waals surface area contributed by atoms with E-state index < -0.39 is 11.8 Å². The Morgan fingerprint density at radius 1 is 1.35 bits per heavy atom. The molecule has 0 atom stereocenters. The van der Waals surface area contributed by atoms with Crippen LogP contribution in [0.1, 0.15) is 19.2 Å². The van der Waals surface area contributed by atoms with Crippen molar-refractivity contribution >= 4 is 11.9 Å². The van der Waals surface area contributed by atoms with E-state index in [1.165, 1.54) is 17.2 Å². The molecular weight excluding hydrogens is 303 g/mol. The Hall–Kier alpha value is -2.70. The van der Waals surface area contributed by atoms with Gasteiger partial charge in [-0.3, -0.25) is 9.59 Å². The molecule has 1 amide bonds. The van der Waals surface area contributed by atoms with Crippen LogP contribution in [0.15, 0.2) is 34.9 Å². The molecule has 0 saturated carbocycles. The third-order valence-corrected chi connectivity index (χ3v) is 3.31.